The fraction of sp³-hybridized carbons (Fsp3) is 0.652. The van der Waals surface area contributed by atoms with Gasteiger partial charge in [0.2, 0.25) is 0 Å². The second kappa shape index (κ2) is 8.17. The number of amides is 1. The van der Waals surface area contributed by atoms with E-state index >= 15 is 4.39 Å². The average Bonchev–Trinajstić information content (AvgIpc) is 3.09. The van der Waals surface area contributed by atoms with E-state index in [0.717, 1.165) is 47.9 Å². The number of benzene rings is 1. The third-order valence-corrected chi connectivity index (χ3v) is 6.00. The molecular formula is C23H32FN3O3. The first kappa shape index (κ1) is 21.1. The Morgan fingerprint density at radius 1 is 1.27 bits per heavy atom. The Morgan fingerprint density at radius 3 is 2.73 bits per heavy atom. The molecule has 0 saturated carbocycles. The van der Waals surface area contributed by atoms with Gasteiger partial charge in [0.15, 0.2) is 6.23 Å². The first-order valence-corrected chi connectivity index (χ1v) is 10.9. The average molecular weight is 418 g/mol. The number of fused-ring (bicyclic) bond motifs is 1. The molecule has 30 heavy (non-hydrogen) atoms. The second-order valence-corrected chi connectivity index (χ2v) is 9.52. The summed E-state index contributed by atoms with van der Waals surface area (Å²) in [6.45, 7) is 8.79. The lowest BCUT2D eigenvalue weighted by Crippen LogP contribution is -2.46. The number of piperidine rings is 1. The van der Waals surface area contributed by atoms with Gasteiger partial charge in [0.05, 0.1) is 18.3 Å². The van der Waals surface area contributed by atoms with E-state index in [-0.39, 0.29) is 18.7 Å². The Hall–Kier alpha value is -2.15. The van der Waals surface area contributed by atoms with Crippen LogP contribution in [0.5, 0.6) is 0 Å². The molecule has 0 spiro atoms. The summed E-state index contributed by atoms with van der Waals surface area (Å²) in [5.41, 5.74) is 2.46. The standard InChI is InChI=1S/C23H32FN3O3/c1-15-11-16-13-25-27(21-7-5-6-10-29-21)20(16)12-18(15)17-8-9-26(14-19(17)24)22(28)30-23(2,3)4/h11-13,17,19,21H,5-10,14H2,1-4H3/t17-,19-,21?/m1/s1. The number of rotatable bonds is 2. The predicted molar refractivity (Wildman–Crippen MR) is 113 cm³/mol. The molecule has 3 heterocycles. The van der Waals surface area contributed by atoms with Crippen LogP contribution in [0.4, 0.5) is 9.18 Å². The maximum atomic E-state index is 15.2. The summed E-state index contributed by atoms with van der Waals surface area (Å²) in [6.07, 6.45) is 3.96. The van der Waals surface area contributed by atoms with Crippen LogP contribution in [0.2, 0.25) is 0 Å². The molecule has 4 rings (SSSR count). The van der Waals surface area contributed by atoms with E-state index in [1.807, 2.05) is 38.6 Å². The minimum absolute atomic E-state index is 0.0537. The first-order valence-electron chi connectivity index (χ1n) is 10.9. The third kappa shape index (κ3) is 4.31. The molecule has 1 aromatic heterocycles. The van der Waals surface area contributed by atoms with Gasteiger partial charge in [-0.15, -0.1) is 0 Å². The molecule has 2 aromatic rings. The zero-order valence-electron chi connectivity index (χ0n) is 18.4. The molecule has 164 valence electrons. The lowest BCUT2D eigenvalue weighted by atomic mass is 9.85. The molecular weight excluding hydrogens is 385 g/mol. The molecule has 0 bridgehead atoms. The van der Waals surface area contributed by atoms with E-state index in [0.29, 0.717) is 13.0 Å². The van der Waals surface area contributed by atoms with Crippen LogP contribution in [-0.4, -0.2) is 52.2 Å². The highest BCUT2D eigenvalue weighted by atomic mass is 19.1. The fourth-order valence-corrected chi connectivity index (χ4v) is 4.52. The monoisotopic (exact) mass is 417 g/mol. The number of carbonyl (C=O) groups is 1. The molecule has 0 N–H and O–H groups in total. The number of ether oxygens (including phenoxy) is 2. The minimum atomic E-state index is -1.13. The van der Waals surface area contributed by atoms with Crippen molar-refractivity contribution in [2.75, 3.05) is 19.7 Å². The van der Waals surface area contributed by atoms with Crippen molar-refractivity contribution >= 4 is 17.0 Å². The van der Waals surface area contributed by atoms with Gasteiger partial charge in [-0.25, -0.2) is 13.9 Å². The number of nitrogens with zero attached hydrogens (tertiary/aromatic N) is 3. The molecule has 2 aliphatic heterocycles. The first-order chi connectivity index (χ1) is 14.2. The normalized spacial score (nSPS) is 25.5. The maximum Gasteiger partial charge on any atom is 0.410 e. The minimum Gasteiger partial charge on any atom is -0.444 e. The molecule has 2 fully saturated rings. The Kier molecular flexibility index (Phi) is 5.75. The van der Waals surface area contributed by atoms with Gasteiger partial charge in [-0.3, -0.25) is 0 Å². The summed E-state index contributed by atoms with van der Waals surface area (Å²) >= 11 is 0. The van der Waals surface area contributed by atoms with Crippen molar-refractivity contribution in [3.05, 3.63) is 29.5 Å². The number of hydrogen-bond acceptors (Lipinski definition) is 4. The number of alkyl halides is 1. The van der Waals surface area contributed by atoms with Gasteiger partial charge in [-0.2, -0.15) is 5.10 Å². The summed E-state index contributed by atoms with van der Waals surface area (Å²) in [7, 11) is 0. The predicted octanol–water partition coefficient (Wildman–Crippen LogP) is 5.11. The van der Waals surface area contributed by atoms with Crippen LogP contribution in [0, 0.1) is 6.92 Å². The van der Waals surface area contributed by atoms with Crippen LogP contribution in [0.25, 0.3) is 10.9 Å². The van der Waals surface area contributed by atoms with Gasteiger partial charge >= 0.3 is 6.09 Å². The van der Waals surface area contributed by atoms with Crippen LogP contribution in [0.15, 0.2) is 18.3 Å². The van der Waals surface area contributed by atoms with Crippen molar-refractivity contribution in [3.8, 4) is 0 Å². The molecule has 1 aromatic carbocycles. The Labute approximate surface area is 177 Å². The van der Waals surface area contributed by atoms with Gasteiger partial charge in [-0.1, -0.05) is 0 Å². The van der Waals surface area contributed by atoms with E-state index in [2.05, 4.69) is 17.2 Å². The number of aryl methyl sites for hydroxylation is 1. The van der Waals surface area contributed by atoms with Gasteiger partial charge in [0.25, 0.3) is 0 Å². The largest absolute Gasteiger partial charge is 0.444 e. The maximum absolute atomic E-state index is 15.2. The van der Waals surface area contributed by atoms with Crippen molar-refractivity contribution in [1.82, 2.24) is 14.7 Å². The number of likely N-dealkylation sites (tertiary alicyclic amines) is 1. The van der Waals surface area contributed by atoms with Crippen LogP contribution in [0.3, 0.4) is 0 Å². The Balaban J connectivity index is 1.55. The summed E-state index contributed by atoms with van der Waals surface area (Å²) in [6, 6.07) is 4.17. The van der Waals surface area contributed by atoms with Gasteiger partial charge in [-0.05, 0) is 76.6 Å². The summed E-state index contributed by atoms with van der Waals surface area (Å²) in [5.74, 6) is -0.247. The summed E-state index contributed by atoms with van der Waals surface area (Å²) in [4.78, 5) is 13.8. The molecule has 1 unspecified atom stereocenters. The molecule has 2 aliphatic rings. The third-order valence-electron chi connectivity index (χ3n) is 6.00. The van der Waals surface area contributed by atoms with Crippen LogP contribution >= 0.6 is 0 Å². The SMILES string of the molecule is Cc1cc2cnn(C3CCCCO3)c2cc1[C@H]1CCN(C(=O)OC(C)(C)C)C[C@H]1F. The molecule has 6 nitrogen and oxygen atoms in total. The highest BCUT2D eigenvalue weighted by Crippen LogP contribution is 2.36. The summed E-state index contributed by atoms with van der Waals surface area (Å²) < 4.78 is 28.5. The van der Waals surface area contributed by atoms with Crippen molar-refractivity contribution in [2.24, 2.45) is 0 Å². The molecule has 3 atom stereocenters. The molecule has 0 aliphatic carbocycles. The van der Waals surface area contributed by atoms with Gasteiger partial charge in [0, 0.05) is 24.5 Å². The number of hydrogen-bond donors (Lipinski definition) is 0. The molecule has 7 heteroatoms. The van der Waals surface area contributed by atoms with E-state index in [1.54, 1.807) is 0 Å². The Bertz CT molecular complexity index is 914. The van der Waals surface area contributed by atoms with Gasteiger partial charge < -0.3 is 14.4 Å². The van der Waals surface area contributed by atoms with E-state index in [9.17, 15) is 4.79 Å². The van der Waals surface area contributed by atoms with E-state index in [1.165, 1.54) is 4.90 Å². The van der Waals surface area contributed by atoms with E-state index in [4.69, 9.17) is 9.47 Å². The number of aromatic nitrogens is 2. The zero-order valence-corrected chi connectivity index (χ0v) is 18.4. The lowest BCUT2D eigenvalue weighted by molar-refractivity contribution is -0.0366. The second-order valence-electron chi connectivity index (χ2n) is 9.52. The quantitative estimate of drug-likeness (QED) is 0.682. The number of carbonyl (C=O) groups excluding carboxylic acids is 1. The summed E-state index contributed by atoms with van der Waals surface area (Å²) in [5, 5.41) is 5.61. The Morgan fingerprint density at radius 2 is 2.07 bits per heavy atom. The smallest absolute Gasteiger partial charge is 0.410 e. The number of halogens is 1. The molecule has 1 amide bonds. The van der Waals surface area contributed by atoms with Crippen LogP contribution in [0.1, 0.15) is 69.7 Å². The molecule has 2 saturated heterocycles. The highest BCUT2D eigenvalue weighted by Gasteiger charge is 2.35. The highest BCUT2D eigenvalue weighted by molar-refractivity contribution is 5.81. The fourth-order valence-electron chi connectivity index (χ4n) is 4.52. The molecule has 0 radical (unpaired) electrons. The van der Waals surface area contributed by atoms with Crippen LogP contribution < -0.4 is 0 Å². The van der Waals surface area contributed by atoms with Crippen molar-refractivity contribution in [3.63, 3.8) is 0 Å². The van der Waals surface area contributed by atoms with E-state index < -0.39 is 17.9 Å². The van der Waals surface area contributed by atoms with Crippen LogP contribution in [-0.2, 0) is 9.47 Å². The topological polar surface area (TPSA) is 56.6 Å². The van der Waals surface area contributed by atoms with Crippen molar-refractivity contribution < 1.29 is 18.7 Å². The lowest BCUT2D eigenvalue weighted by Gasteiger charge is -2.36. The van der Waals surface area contributed by atoms with Gasteiger partial charge in [0.1, 0.15) is 11.8 Å². The van der Waals surface area contributed by atoms with Crippen molar-refractivity contribution in [2.45, 2.75) is 77.3 Å². The zero-order chi connectivity index (χ0) is 21.5. The van der Waals surface area contributed by atoms with Crippen molar-refractivity contribution in [1.29, 1.82) is 0 Å².